The standard InChI is InChI=1S/C9H5NO4/c10-5-6-1-3-7(4-2-6)14-9(13)8(11)12/h1-4H,(H,11,12). The molecule has 0 bridgehead atoms. The number of nitrogens with zero attached hydrogens (tertiary/aromatic N) is 1. The van der Waals surface area contributed by atoms with Gasteiger partial charge in [0.2, 0.25) is 0 Å². The van der Waals surface area contributed by atoms with E-state index in [-0.39, 0.29) is 5.75 Å². The van der Waals surface area contributed by atoms with Crippen LogP contribution in [0.1, 0.15) is 5.56 Å². The van der Waals surface area contributed by atoms with Crippen molar-refractivity contribution in [2.24, 2.45) is 0 Å². The van der Waals surface area contributed by atoms with E-state index in [2.05, 4.69) is 4.74 Å². The van der Waals surface area contributed by atoms with Gasteiger partial charge in [0.1, 0.15) is 5.75 Å². The molecule has 0 spiro atoms. The number of esters is 1. The minimum absolute atomic E-state index is 0.0939. The van der Waals surface area contributed by atoms with Crippen molar-refractivity contribution in [1.29, 1.82) is 5.26 Å². The van der Waals surface area contributed by atoms with Gasteiger partial charge in [0.05, 0.1) is 11.6 Å². The fourth-order valence-corrected chi connectivity index (χ4v) is 0.748. The maximum atomic E-state index is 10.6. The Kier molecular flexibility index (Phi) is 2.82. The van der Waals surface area contributed by atoms with E-state index >= 15 is 0 Å². The molecule has 0 aromatic heterocycles. The summed E-state index contributed by atoms with van der Waals surface area (Å²) >= 11 is 0. The topological polar surface area (TPSA) is 87.4 Å². The van der Waals surface area contributed by atoms with Gasteiger partial charge in [0, 0.05) is 0 Å². The number of carbonyl (C=O) groups is 2. The lowest BCUT2D eigenvalue weighted by Gasteiger charge is -1.99. The highest BCUT2D eigenvalue weighted by molar-refractivity contribution is 6.29. The summed E-state index contributed by atoms with van der Waals surface area (Å²) in [5.74, 6) is -2.92. The molecular formula is C9H5NO4. The van der Waals surface area contributed by atoms with E-state index in [9.17, 15) is 9.59 Å². The second-order valence-electron chi connectivity index (χ2n) is 2.33. The monoisotopic (exact) mass is 191 g/mol. The third-order valence-corrected chi connectivity index (χ3v) is 1.37. The fraction of sp³-hybridized carbons (Fsp3) is 0. The molecule has 14 heavy (non-hydrogen) atoms. The predicted molar refractivity (Wildman–Crippen MR) is 44.4 cm³/mol. The number of benzene rings is 1. The first-order valence-corrected chi connectivity index (χ1v) is 3.59. The average molecular weight is 191 g/mol. The Morgan fingerprint density at radius 1 is 1.29 bits per heavy atom. The van der Waals surface area contributed by atoms with Crippen molar-refractivity contribution in [3.8, 4) is 11.8 Å². The number of hydrogen-bond donors (Lipinski definition) is 1. The van der Waals surface area contributed by atoms with Crippen LogP contribution in [0.15, 0.2) is 24.3 Å². The molecule has 1 rings (SSSR count). The molecule has 0 saturated heterocycles. The average Bonchev–Trinajstić information content (AvgIpc) is 2.19. The van der Waals surface area contributed by atoms with Crippen molar-refractivity contribution >= 4 is 11.9 Å². The molecule has 0 fully saturated rings. The number of hydrogen-bond acceptors (Lipinski definition) is 4. The van der Waals surface area contributed by atoms with Gasteiger partial charge in [-0.05, 0) is 24.3 Å². The number of ether oxygens (including phenoxy) is 1. The van der Waals surface area contributed by atoms with E-state index in [1.807, 2.05) is 6.07 Å². The number of carboxylic acid groups (broad SMARTS) is 1. The maximum absolute atomic E-state index is 10.6. The van der Waals surface area contributed by atoms with Gasteiger partial charge in [0.25, 0.3) is 0 Å². The number of aliphatic carboxylic acids is 1. The molecule has 0 radical (unpaired) electrons. The van der Waals surface area contributed by atoms with Crippen LogP contribution in [0.3, 0.4) is 0 Å². The molecule has 0 amide bonds. The first-order chi connectivity index (χ1) is 6.63. The van der Waals surface area contributed by atoms with Crippen molar-refractivity contribution in [3.63, 3.8) is 0 Å². The minimum atomic E-state index is -1.66. The van der Waals surface area contributed by atoms with E-state index in [0.29, 0.717) is 5.56 Å². The normalized spacial score (nSPS) is 8.79. The molecule has 5 nitrogen and oxygen atoms in total. The molecule has 70 valence electrons. The summed E-state index contributed by atoms with van der Waals surface area (Å²) in [4.78, 5) is 20.7. The van der Waals surface area contributed by atoms with E-state index in [1.165, 1.54) is 24.3 Å². The Morgan fingerprint density at radius 2 is 1.86 bits per heavy atom. The molecule has 1 aromatic carbocycles. The third kappa shape index (κ3) is 2.32. The summed E-state index contributed by atoms with van der Waals surface area (Å²) in [5, 5.41) is 16.7. The van der Waals surface area contributed by atoms with E-state index < -0.39 is 11.9 Å². The highest BCUT2D eigenvalue weighted by Gasteiger charge is 2.13. The second kappa shape index (κ2) is 4.05. The van der Waals surface area contributed by atoms with Gasteiger partial charge in [-0.1, -0.05) is 0 Å². The molecule has 0 saturated carbocycles. The molecular weight excluding hydrogens is 186 g/mol. The number of rotatable bonds is 1. The highest BCUT2D eigenvalue weighted by atomic mass is 16.6. The molecule has 0 heterocycles. The number of nitriles is 1. The lowest BCUT2D eigenvalue weighted by molar-refractivity contribution is -0.158. The molecule has 0 aliphatic heterocycles. The Balaban J connectivity index is 2.75. The zero-order chi connectivity index (χ0) is 10.6. The van der Waals surface area contributed by atoms with Crippen LogP contribution in [0, 0.1) is 11.3 Å². The van der Waals surface area contributed by atoms with Gasteiger partial charge in [-0.3, -0.25) is 0 Å². The number of carbonyl (C=O) groups excluding carboxylic acids is 1. The van der Waals surface area contributed by atoms with Crippen molar-refractivity contribution in [3.05, 3.63) is 29.8 Å². The summed E-state index contributed by atoms with van der Waals surface area (Å²) in [6.45, 7) is 0. The van der Waals surface area contributed by atoms with Crippen LogP contribution in [0.25, 0.3) is 0 Å². The van der Waals surface area contributed by atoms with E-state index in [4.69, 9.17) is 10.4 Å². The Labute approximate surface area is 79.1 Å². The summed E-state index contributed by atoms with van der Waals surface area (Å²) in [7, 11) is 0. The lowest BCUT2D eigenvalue weighted by Crippen LogP contribution is -2.19. The van der Waals surface area contributed by atoms with Crippen LogP contribution < -0.4 is 4.74 Å². The Hall–Kier alpha value is -2.35. The molecule has 1 N–H and O–H groups in total. The summed E-state index contributed by atoms with van der Waals surface area (Å²) in [5.41, 5.74) is 0.403. The van der Waals surface area contributed by atoms with E-state index in [1.54, 1.807) is 0 Å². The van der Waals surface area contributed by atoms with Crippen LogP contribution in [-0.4, -0.2) is 17.0 Å². The van der Waals surface area contributed by atoms with Gasteiger partial charge < -0.3 is 9.84 Å². The largest absolute Gasteiger partial charge is 0.473 e. The zero-order valence-corrected chi connectivity index (χ0v) is 6.93. The maximum Gasteiger partial charge on any atom is 0.422 e. The molecule has 0 unspecified atom stereocenters. The second-order valence-corrected chi connectivity index (χ2v) is 2.33. The third-order valence-electron chi connectivity index (χ3n) is 1.37. The fourth-order valence-electron chi connectivity index (χ4n) is 0.748. The van der Waals surface area contributed by atoms with Crippen molar-refractivity contribution in [1.82, 2.24) is 0 Å². The quantitative estimate of drug-likeness (QED) is 0.397. The van der Waals surface area contributed by atoms with Crippen LogP contribution in [-0.2, 0) is 9.59 Å². The lowest BCUT2D eigenvalue weighted by atomic mass is 10.2. The van der Waals surface area contributed by atoms with Crippen molar-refractivity contribution in [2.45, 2.75) is 0 Å². The van der Waals surface area contributed by atoms with Crippen molar-refractivity contribution < 1.29 is 19.4 Å². The molecule has 0 aliphatic rings. The Bertz CT molecular complexity index is 402. The molecule has 5 heteroatoms. The minimum Gasteiger partial charge on any atom is -0.473 e. The van der Waals surface area contributed by atoms with Crippen LogP contribution >= 0.6 is 0 Å². The highest BCUT2D eigenvalue weighted by Crippen LogP contribution is 2.11. The molecule has 0 atom stereocenters. The summed E-state index contributed by atoms with van der Waals surface area (Å²) < 4.78 is 4.43. The predicted octanol–water partition coefficient (Wildman–Crippen LogP) is 0.548. The van der Waals surface area contributed by atoms with Crippen LogP contribution in [0.4, 0.5) is 0 Å². The van der Waals surface area contributed by atoms with Gasteiger partial charge in [-0.2, -0.15) is 5.26 Å². The SMILES string of the molecule is N#Cc1ccc(OC(=O)C(=O)O)cc1. The summed E-state index contributed by atoms with van der Waals surface area (Å²) in [6.07, 6.45) is 0. The smallest absolute Gasteiger partial charge is 0.422 e. The summed E-state index contributed by atoms with van der Waals surface area (Å²) in [6, 6.07) is 7.41. The zero-order valence-electron chi connectivity index (χ0n) is 6.93. The van der Waals surface area contributed by atoms with Gasteiger partial charge >= 0.3 is 11.9 Å². The van der Waals surface area contributed by atoms with Gasteiger partial charge in [-0.25, -0.2) is 9.59 Å². The van der Waals surface area contributed by atoms with E-state index in [0.717, 1.165) is 0 Å². The first kappa shape index (κ1) is 9.74. The Morgan fingerprint density at radius 3 is 2.29 bits per heavy atom. The molecule has 0 aliphatic carbocycles. The van der Waals surface area contributed by atoms with Crippen LogP contribution in [0.2, 0.25) is 0 Å². The molecule has 1 aromatic rings. The number of carboxylic acids is 1. The van der Waals surface area contributed by atoms with Crippen molar-refractivity contribution in [2.75, 3.05) is 0 Å². The van der Waals surface area contributed by atoms with Gasteiger partial charge in [-0.15, -0.1) is 0 Å². The van der Waals surface area contributed by atoms with Gasteiger partial charge in [0.15, 0.2) is 0 Å². The van der Waals surface area contributed by atoms with Crippen LogP contribution in [0.5, 0.6) is 5.75 Å². The first-order valence-electron chi connectivity index (χ1n) is 3.59.